The summed E-state index contributed by atoms with van der Waals surface area (Å²) < 4.78 is 2.45. The molecule has 9 aromatic rings. The van der Waals surface area contributed by atoms with E-state index in [2.05, 4.69) is 97.1 Å². The lowest BCUT2D eigenvalue weighted by Crippen LogP contribution is -2.00. The topological polar surface area (TPSA) is 51.6 Å². The first-order valence-corrected chi connectivity index (χ1v) is 16.4. The molecule has 0 fully saturated rings. The molecule has 5 heteroatoms. The Morgan fingerprint density at radius 3 is 1.57 bits per heavy atom. The fraction of sp³-hybridized carbons (Fsp3) is 0. The van der Waals surface area contributed by atoms with Gasteiger partial charge in [0.15, 0.2) is 17.5 Å². The van der Waals surface area contributed by atoms with Crippen molar-refractivity contribution in [3.05, 3.63) is 158 Å². The Morgan fingerprint density at radius 2 is 0.894 bits per heavy atom. The molecule has 6 aromatic carbocycles. The minimum atomic E-state index is 0.645. The molecule has 4 nitrogen and oxygen atoms in total. The highest BCUT2D eigenvalue weighted by Gasteiger charge is 2.17. The van der Waals surface area contributed by atoms with Crippen LogP contribution >= 0.6 is 11.3 Å². The van der Waals surface area contributed by atoms with Gasteiger partial charge < -0.3 is 0 Å². The zero-order valence-electron chi connectivity index (χ0n) is 25.2. The predicted molar refractivity (Wildman–Crippen MR) is 195 cm³/mol. The van der Waals surface area contributed by atoms with Gasteiger partial charge in [0.05, 0.1) is 15.9 Å². The number of benzene rings is 6. The number of fused-ring (bicyclic) bond motifs is 5. The van der Waals surface area contributed by atoms with Crippen molar-refractivity contribution in [3.63, 3.8) is 0 Å². The Bertz CT molecular complexity index is 2500. The van der Waals surface area contributed by atoms with Crippen LogP contribution in [0.2, 0.25) is 0 Å². The van der Waals surface area contributed by atoms with E-state index in [1.807, 2.05) is 72.0 Å². The van der Waals surface area contributed by atoms with Gasteiger partial charge in [0.1, 0.15) is 0 Å². The highest BCUT2D eigenvalue weighted by atomic mass is 32.1. The van der Waals surface area contributed by atoms with Crippen molar-refractivity contribution in [1.82, 2.24) is 19.9 Å². The van der Waals surface area contributed by atoms with Gasteiger partial charge in [-0.1, -0.05) is 133 Å². The third kappa shape index (κ3) is 4.94. The Labute approximate surface area is 275 Å². The third-order valence-electron chi connectivity index (χ3n) is 8.51. The van der Waals surface area contributed by atoms with Gasteiger partial charge in [-0.25, -0.2) is 19.9 Å². The molecule has 0 saturated carbocycles. The van der Waals surface area contributed by atoms with E-state index in [1.165, 1.54) is 25.6 Å². The van der Waals surface area contributed by atoms with Crippen molar-refractivity contribution in [1.29, 1.82) is 0 Å². The van der Waals surface area contributed by atoms with E-state index in [0.717, 1.165) is 44.6 Å². The van der Waals surface area contributed by atoms with Crippen molar-refractivity contribution in [3.8, 4) is 56.5 Å². The van der Waals surface area contributed by atoms with Crippen LogP contribution in [0, 0.1) is 0 Å². The molecule has 0 aliphatic heterocycles. The van der Waals surface area contributed by atoms with Crippen LogP contribution in [0.5, 0.6) is 0 Å². The standard InChI is InChI=1S/C42H26N4S/c1-4-13-27(14-5-1)38-39-37(33-21-10-11-22-35(33)43-38)34-26-31(23-24-36(34)47-39)30-19-12-20-32(25-30)42-45-40(28-15-6-2-7-16-28)44-41(46-42)29-17-8-3-9-18-29/h1-26H. The Morgan fingerprint density at radius 1 is 0.362 bits per heavy atom. The minimum absolute atomic E-state index is 0.645. The van der Waals surface area contributed by atoms with E-state index in [-0.39, 0.29) is 0 Å². The average Bonchev–Trinajstić information content (AvgIpc) is 3.55. The van der Waals surface area contributed by atoms with Gasteiger partial charge >= 0.3 is 0 Å². The van der Waals surface area contributed by atoms with Crippen molar-refractivity contribution in [2.75, 3.05) is 0 Å². The van der Waals surface area contributed by atoms with E-state index in [0.29, 0.717) is 17.5 Å². The second kappa shape index (κ2) is 11.4. The van der Waals surface area contributed by atoms with Crippen LogP contribution in [0.3, 0.4) is 0 Å². The summed E-state index contributed by atoms with van der Waals surface area (Å²) >= 11 is 1.81. The molecule has 3 heterocycles. The predicted octanol–water partition coefficient (Wildman–Crippen LogP) is 11.1. The van der Waals surface area contributed by atoms with Gasteiger partial charge in [-0.05, 0) is 35.4 Å². The van der Waals surface area contributed by atoms with E-state index >= 15 is 0 Å². The average molecular weight is 619 g/mol. The number of nitrogens with zero attached hydrogens (tertiary/aromatic N) is 4. The molecule has 0 spiro atoms. The fourth-order valence-corrected chi connectivity index (χ4v) is 7.44. The maximum Gasteiger partial charge on any atom is 0.164 e. The second-order valence-corrected chi connectivity index (χ2v) is 12.5. The Kier molecular flexibility index (Phi) is 6.61. The molecule has 47 heavy (non-hydrogen) atoms. The number of pyridine rings is 1. The molecular weight excluding hydrogens is 593 g/mol. The fourth-order valence-electron chi connectivity index (χ4n) is 6.23. The number of hydrogen-bond donors (Lipinski definition) is 0. The smallest absolute Gasteiger partial charge is 0.164 e. The number of rotatable bonds is 5. The number of thiophene rings is 1. The van der Waals surface area contributed by atoms with Crippen LogP contribution in [-0.4, -0.2) is 19.9 Å². The number of aromatic nitrogens is 4. The lowest BCUT2D eigenvalue weighted by molar-refractivity contribution is 1.07. The first kappa shape index (κ1) is 27.3. The molecule has 0 bridgehead atoms. The summed E-state index contributed by atoms with van der Waals surface area (Å²) in [5.41, 5.74) is 8.26. The van der Waals surface area contributed by atoms with Crippen LogP contribution < -0.4 is 0 Å². The molecule has 9 rings (SSSR count). The lowest BCUT2D eigenvalue weighted by Gasteiger charge is -2.10. The van der Waals surface area contributed by atoms with Crippen LogP contribution in [0.1, 0.15) is 0 Å². The largest absolute Gasteiger partial charge is 0.246 e. The van der Waals surface area contributed by atoms with Crippen LogP contribution in [0.15, 0.2) is 158 Å². The quantitative estimate of drug-likeness (QED) is 0.193. The number of para-hydroxylation sites is 1. The zero-order valence-corrected chi connectivity index (χ0v) is 26.0. The minimum Gasteiger partial charge on any atom is -0.246 e. The van der Waals surface area contributed by atoms with Gasteiger partial charge in [-0.3, -0.25) is 0 Å². The van der Waals surface area contributed by atoms with E-state index in [1.54, 1.807) is 0 Å². The van der Waals surface area contributed by atoms with Gasteiger partial charge in [0, 0.05) is 43.1 Å². The molecule has 0 unspecified atom stereocenters. The summed E-state index contributed by atoms with van der Waals surface area (Å²) in [5.74, 6) is 1.95. The van der Waals surface area contributed by atoms with Gasteiger partial charge in [-0.15, -0.1) is 11.3 Å². The summed E-state index contributed by atoms with van der Waals surface area (Å²) in [6.45, 7) is 0. The molecular formula is C42H26N4S. The van der Waals surface area contributed by atoms with Crippen LogP contribution in [-0.2, 0) is 0 Å². The van der Waals surface area contributed by atoms with Gasteiger partial charge in [0.25, 0.3) is 0 Å². The van der Waals surface area contributed by atoms with Crippen molar-refractivity contribution in [2.45, 2.75) is 0 Å². The normalized spacial score (nSPS) is 11.4. The first-order chi connectivity index (χ1) is 23.3. The molecule has 0 amide bonds. The van der Waals surface area contributed by atoms with Crippen molar-refractivity contribution < 1.29 is 0 Å². The molecule has 0 aliphatic rings. The Hall–Kier alpha value is -6.04. The van der Waals surface area contributed by atoms with Crippen molar-refractivity contribution in [2.24, 2.45) is 0 Å². The van der Waals surface area contributed by atoms with Crippen LogP contribution in [0.25, 0.3) is 87.6 Å². The van der Waals surface area contributed by atoms with E-state index < -0.39 is 0 Å². The SMILES string of the molecule is c1ccc(-c2nc(-c3ccccc3)nc(-c3cccc(-c4ccc5sc6c(-c7ccccc7)nc7ccccc7c6c5c4)c3)n2)cc1. The van der Waals surface area contributed by atoms with E-state index in [4.69, 9.17) is 19.9 Å². The second-order valence-electron chi connectivity index (χ2n) is 11.5. The molecule has 0 radical (unpaired) electrons. The Balaban J connectivity index is 1.21. The highest BCUT2D eigenvalue weighted by molar-refractivity contribution is 7.26. The molecule has 220 valence electrons. The van der Waals surface area contributed by atoms with E-state index in [9.17, 15) is 0 Å². The molecule has 3 aromatic heterocycles. The summed E-state index contributed by atoms with van der Waals surface area (Å²) in [6, 6.07) is 54.4. The maximum atomic E-state index is 5.14. The third-order valence-corrected chi connectivity index (χ3v) is 9.69. The summed E-state index contributed by atoms with van der Waals surface area (Å²) in [7, 11) is 0. The van der Waals surface area contributed by atoms with Crippen LogP contribution in [0.4, 0.5) is 0 Å². The van der Waals surface area contributed by atoms with Gasteiger partial charge in [-0.2, -0.15) is 0 Å². The zero-order chi connectivity index (χ0) is 31.2. The summed E-state index contributed by atoms with van der Waals surface area (Å²) in [6.07, 6.45) is 0. The maximum absolute atomic E-state index is 5.14. The molecule has 0 saturated heterocycles. The highest BCUT2D eigenvalue weighted by Crippen LogP contribution is 2.44. The lowest BCUT2D eigenvalue weighted by atomic mass is 9.99. The monoisotopic (exact) mass is 618 g/mol. The van der Waals surface area contributed by atoms with Crippen molar-refractivity contribution >= 4 is 42.4 Å². The molecule has 0 N–H and O–H groups in total. The first-order valence-electron chi connectivity index (χ1n) is 15.6. The molecule has 0 aliphatic carbocycles. The molecule has 0 atom stereocenters. The number of hydrogen-bond acceptors (Lipinski definition) is 5. The summed E-state index contributed by atoms with van der Waals surface area (Å²) in [4.78, 5) is 19.9. The summed E-state index contributed by atoms with van der Waals surface area (Å²) in [5, 5.41) is 3.66. The van der Waals surface area contributed by atoms with Gasteiger partial charge in [0.2, 0.25) is 0 Å².